The van der Waals surface area contributed by atoms with Crippen molar-refractivity contribution in [3.8, 4) is 11.5 Å². The highest BCUT2D eigenvalue weighted by atomic mass is 16.5. The molecule has 1 aliphatic carbocycles. The van der Waals surface area contributed by atoms with Crippen LogP contribution in [-0.2, 0) is 4.79 Å². The van der Waals surface area contributed by atoms with Crippen LogP contribution in [0.25, 0.3) is 0 Å². The lowest BCUT2D eigenvalue weighted by Gasteiger charge is -2.23. The van der Waals surface area contributed by atoms with Crippen molar-refractivity contribution in [3.63, 3.8) is 0 Å². The zero-order chi connectivity index (χ0) is 19.0. The summed E-state index contributed by atoms with van der Waals surface area (Å²) in [4.78, 5) is 12.4. The van der Waals surface area contributed by atoms with E-state index in [0.717, 1.165) is 28.0 Å². The number of carboxylic acid groups (broad SMARTS) is 1. The van der Waals surface area contributed by atoms with Gasteiger partial charge in [-0.1, -0.05) is 48.5 Å². The third-order valence-electron chi connectivity index (χ3n) is 5.40. The fourth-order valence-electron chi connectivity index (χ4n) is 4.21. The van der Waals surface area contributed by atoms with Crippen LogP contribution in [0.5, 0.6) is 11.5 Å². The monoisotopic (exact) mass is 360 g/mol. The van der Waals surface area contributed by atoms with Gasteiger partial charge in [-0.15, -0.1) is 0 Å². The van der Waals surface area contributed by atoms with Crippen molar-refractivity contribution in [2.45, 2.75) is 11.8 Å². The van der Waals surface area contributed by atoms with E-state index in [9.17, 15) is 15.0 Å². The highest BCUT2D eigenvalue weighted by Gasteiger charge is 2.46. The first-order valence-corrected chi connectivity index (χ1v) is 8.84. The SMILES string of the molecule is COc1ccc(C2c3ccccc3C(c3ccc(O)cc3)C2C(=O)O)cc1. The quantitative estimate of drug-likeness (QED) is 0.725. The minimum absolute atomic E-state index is 0.170. The number of methoxy groups -OCH3 is 1. The van der Waals surface area contributed by atoms with Crippen LogP contribution in [0.3, 0.4) is 0 Å². The van der Waals surface area contributed by atoms with Gasteiger partial charge in [-0.2, -0.15) is 0 Å². The summed E-state index contributed by atoms with van der Waals surface area (Å²) in [5.74, 6) is -1.06. The second-order valence-electron chi connectivity index (χ2n) is 6.81. The molecule has 4 rings (SSSR count). The van der Waals surface area contributed by atoms with Crippen molar-refractivity contribution in [2.75, 3.05) is 7.11 Å². The van der Waals surface area contributed by atoms with Crippen LogP contribution in [0.15, 0.2) is 72.8 Å². The first-order chi connectivity index (χ1) is 13.1. The predicted octanol–water partition coefficient (Wildman–Crippen LogP) is 4.38. The Morgan fingerprint density at radius 3 is 1.74 bits per heavy atom. The molecule has 4 nitrogen and oxygen atoms in total. The molecule has 136 valence electrons. The van der Waals surface area contributed by atoms with Crippen molar-refractivity contribution in [1.82, 2.24) is 0 Å². The number of hydrogen-bond acceptors (Lipinski definition) is 3. The molecule has 3 unspecified atom stereocenters. The van der Waals surface area contributed by atoms with Crippen LogP contribution < -0.4 is 4.74 Å². The molecular formula is C23H20O4. The lowest BCUT2D eigenvalue weighted by Crippen LogP contribution is -2.23. The molecule has 3 aromatic carbocycles. The second kappa shape index (κ2) is 6.80. The molecule has 0 fully saturated rings. The molecule has 0 heterocycles. The van der Waals surface area contributed by atoms with Gasteiger partial charge < -0.3 is 14.9 Å². The van der Waals surface area contributed by atoms with E-state index < -0.39 is 11.9 Å². The van der Waals surface area contributed by atoms with Crippen molar-refractivity contribution in [2.24, 2.45) is 5.92 Å². The van der Waals surface area contributed by atoms with Gasteiger partial charge in [0, 0.05) is 11.8 Å². The number of phenols is 1. The topological polar surface area (TPSA) is 66.8 Å². The van der Waals surface area contributed by atoms with Crippen LogP contribution >= 0.6 is 0 Å². The third-order valence-corrected chi connectivity index (χ3v) is 5.40. The Morgan fingerprint density at radius 2 is 1.30 bits per heavy atom. The first-order valence-electron chi connectivity index (χ1n) is 8.84. The minimum Gasteiger partial charge on any atom is -0.508 e. The van der Waals surface area contributed by atoms with Crippen LogP contribution in [0.2, 0.25) is 0 Å². The van der Waals surface area contributed by atoms with E-state index in [2.05, 4.69) is 0 Å². The Labute approximate surface area is 157 Å². The zero-order valence-electron chi connectivity index (χ0n) is 14.9. The number of fused-ring (bicyclic) bond motifs is 1. The number of phenolic OH excluding ortho intramolecular Hbond substituents is 1. The number of benzene rings is 3. The number of rotatable bonds is 4. The molecule has 0 spiro atoms. The highest BCUT2D eigenvalue weighted by molar-refractivity contribution is 5.77. The Balaban J connectivity index is 1.88. The molecule has 0 saturated heterocycles. The molecule has 0 bridgehead atoms. The van der Waals surface area contributed by atoms with E-state index in [0.29, 0.717) is 0 Å². The Bertz CT molecular complexity index is 960. The normalized spacial score (nSPS) is 20.9. The smallest absolute Gasteiger partial charge is 0.308 e. The van der Waals surface area contributed by atoms with Crippen LogP contribution in [-0.4, -0.2) is 23.3 Å². The van der Waals surface area contributed by atoms with Gasteiger partial charge in [0.25, 0.3) is 0 Å². The fraction of sp³-hybridized carbons (Fsp3) is 0.174. The summed E-state index contributed by atoms with van der Waals surface area (Å²) in [5, 5.41) is 19.8. The van der Waals surface area contributed by atoms with Crippen LogP contribution in [0.1, 0.15) is 34.1 Å². The molecule has 27 heavy (non-hydrogen) atoms. The summed E-state index contributed by atoms with van der Waals surface area (Å²) in [6.07, 6.45) is 0. The molecule has 0 saturated carbocycles. The lowest BCUT2D eigenvalue weighted by atomic mass is 9.79. The second-order valence-corrected chi connectivity index (χ2v) is 6.81. The number of ether oxygens (including phenoxy) is 1. The molecule has 0 aliphatic heterocycles. The van der Waals surface area contributed by atoms with Crippen molar-refractivity contribution in [3.05, 3.63) is 95.1 Å². The standard InChI is InChI=1S/C23H20O4/c1-27-17-12-8-15(9-13-17)21-19-5-3-2-4-18(19)20(22(21)23(25)26)14-6-10-16(24)11-7-14/h2-13,20-22,24H,1H3,(H,25,26). The van der Waals surface area contributed by atoms with E-state index in [1.54, 1.807) is 19.2 Å². The Kier molecular flexibility index (Phi) is 4.32. The number of carboxylic acids is 1. The number of aliphatic carboxylic acids is 1. The summed E-state index contributed by atoms with van der Waals surface area (Å²) in [5.41, 5.74) is 3.91. The Morgan fingerprint density at radius 1 is 0.815 bits per heavy atom. The molecule has 0 aromatic heterocycles. The van der Waals surface area contributed by atoms with Gasteiger partial charge in [-0.05, 0) is 46.5 Å². The maximum absolute atomic E-state index is 12.4. The molecule has 0 radical (unpaired) electrons. The van der Waals surface area contributed by atoms with Gasteiger partial charge in [0.2, 0.25) is 0 Å². The Hall–Kier alpha value is -3.27. The minimum atomic E-state index is -0.829. The van der Waals surface area contributed by atoms with Gasteiger partial charge in [0.05, 0.1) is 13.0 Å². The average molecular weight is 360 g/mol. The van der Waals surface area contributed by atoms with E-state index in [1.807, 2.05) is 60.7 Å². The van der Waals surface area contributed by atoms with E-state index in [4.69, 9.17) is 4.74 Å². The summed E-state index contributed by atoms with van der Waals surface area (Å²) in [6.45, 7) is 0. The van der Waals surface area contributed by atoms with Crippen molar-refractivity contribution in [1.29, 1.82) is 0 Å². The van der Waals surface area contributed by atoms with Crippen molar-refractivity contribution < 1.29 is 19.7 Å². The highest BCUT2D eigenvalue weighted by Crippen LogP contribution is 2.52. The van der Waals surface area contributed by atoms with Crippen LogP contribution in [0.4, 0.5) is 0 Å². The average Bonchev–Trinajstić information content (AvgIpc) is 3.04. The summed E-state index contributed by atoms with van der Waals surface area (Å²) < 4.78 is 5.24. The molecule has 4 heteroatoms. The van der Waals surface area contributed by atoms with Gasteiger partial charge in [-0.3, -0.25) is 4.79 Å². The summed E-state index contributed by atoms with van der Waals surface area (Å²) in [7, 11) is 1.61. The van der Waals surface area contributed by atoms with Crippen LogP contribution in [0, 0.1) is 5.92 Å². The molecule has 1 aliphatic rings. The summed E-state index contributed by atoms with van der Waals surface area (Å²) >= 11 is 0. The fourth-order valence-corrected chi connectivity index (χ4v) is 4.21. The van der Waals surface area contributed by atoms with Gasteiger partial charge in [-0.25, -0.2) is 0 Å². The molecule has 0 amide bonds. The van der Waals surface area contributed by atoms with E-state index in [-0.39, 0.29) is 17.6 Å². The zero-order valence-corrected chi connectivity index (χ0v) is 14.9. The molecule has 2 N–H and O–H groups in total. The van der Waals surface area contributed by atoms with Gasteiger partial charge in [0.1, 0.15) is 11.5 Å². The first kappa shape index (κ1) is 17.2. The maximum Gasteiger partial charge on any atom is 0.308 e. The predicted molar refractivity (Wildman–Crippen MR) is 102 cm³/mol. The molecular weight excluding hydrogens is 340 g/mol. The van der Waals surface area contributed by atoms with Gasteiger partial charge in [0.15, 0.2) is 0 Å². The van der Waals surface area contributed by atoms with Gasteiger partial charge >= 0.3 is 5.97 Å². The third kappa shape index (κ3) is 2.93. The van der Waals surface area contributed by atoms with E-state index >= 15 is 0 Å². The number of carbonyl (C=O) groups is 1. The maximum atomic E-state index is 12.4. The molecule has 3 atom stereocenters. The lowest BCUT2D eigenvalue weighted by molar-refractivity contribution is -0.142. The van der Waals surface area contributed by atoms with E-state index in [1.165, 1.54) is 0 Å². The summed E-state index contributed by atoms with van der Waals surface area (Å²) in [6, 6.07) is 22.4. The van der Waals surface area contributed by atoms with Crippen molar-refractivity contribution >= 4 is 5.97 Å². The number of hydrogen-bond donors (Lipinski definition) is 2. The largest absolute Gasteiger partial charge is 0.508 e. The molecule has 3 aromatic rings. The number of aromatic hydroxyl groups is 1.